The number of anilines is 1. The molecule has 0 atom stereocenters. The van der Waals surface area contributed by atoms with Crippen molar-refractivity contribution in [1.82, 2.24) is 14.7 Å². The van der Waals surface area contributed by atoms with E-state index in [1.165, 1.54) is 29.0 Å². The van der Waals surface area contributed by atoms with Gasteiger partial charge in [-0.2, -0.15) is 4.98 Å². The van der Waals surface area contributed by atoms with Gasteiger partial charge in [0.15, 0.2) is 0 Å². The molecule has 0 saturated carbocycles. The Morgan fingerprint density at radius 1 is 1.19 bits per heavy atom. The Hall–Kier alpha value is -3.59. The van der Waals surface area contributed by atoms with Crippen LogP contribution in [0.3, 0.4) is 0 Å². The van der Waals surface area contributed by atoms with Gasteiger partial charge in [0.2, 0.25) is 11.7 Å². The topological polar surface area (TPSA) is 90.0 Å². The van der Waals surface area contributed by atoms with E-state index < -0.39 is 17.3 Å². The lowest BCUT2D eigenvalue weighted by Crippen LogP contribution is -2.28. The maximum Gasteiger partial charge on any atom is 0.263 e. The molecule has 31 heavy (non-hydrogen) atoms. The van der Waals surface area contributed by atoms with E-state index in [2.05, 4.69) is 31.4 Å². The number of hydrogen-bond acceptors (Lipinski definition) is 5. The summed E-state index contributed by atoms with van der Waals surface area (Å²) in [6, 6.07) is 15.0. The highest BCUT2D eigenvalue weighted by Gasteiger charge is 2.16. The Labute approximate surface area is 184 Å². The van der Waals surface area contributed by atoms with Crippen molar-refractivity contribution in [3.63, 3.8) is 0 Å². The summed E-state index contributed by atoms with van der Waals surface area (Å²) >= 11 is 3.16. The number of carbonyl (C=O) groups excluding carboxylic acids is 1. The van der Waals surface area contributed by atoms with Crippen LogP contribution in [0, 0.1) is 12.7 Å². The molecule has 0 radical (unpaired) electrons. The summed E-state index contributed by atoms with van der Waals surface area (Å²) in [6.45, 7) is 1.67. The molecule has 2 heterocycles. The smallest absolute Gasteiger partial charge is 0.263 e. The van der Waals surface area contributed by atoms with Gasteiger partial charge in [0.25, 0.3) is 11.4 Å². The number of pyridine rings is 1. The van der Waals surface area contributed by atoms with Crippen molar-refractivity contribution in [3.05, 3.63) is 87.0 Å². The van der Waals surface area contributed by atoms with E-state index in [4.69, 9.17) is 4.52 Å². The van der Waals surface area contributed by atoms with Crippen LogP contribution >= 0.6 is 15.9 Å². The number of carbonyl (C=O) groups is 1. The summed E-state index contributed by atoms with van der Waals surface area (Å²) in [6.07, 6.45) is 1.46. The van der Waals surface area contributed by atoms with Gasteiger partial charge in [0.1, 0.15) is 17.9 Å². The lowest BCUT2D eigenvalue weighted by Gasteiger charge is -2.09. The molecule has 2 aromatic heterocycles. The van der Waals surface area contributed by atoms with Gasteiger partial charge in [-0.15, -0.1) is 0 Å². The molecule has 0 bridgehead atoms. The van der Waals surface area contributed by atoms with E-state index in [1.54, 1.807) is 12.1 Å². The van der Waals surface area contributed by atoms with E-state index in [0.29, 0.717) is 10.3 Å². The molecule has 7 nitrogen and oxygen atoms in total. The minimum Gasteiger partial charge on any atom is -0.333 e. The zero-order chi connectivity index (χ0) is 22.0. The van der Waals surface area contributed by atoms with Crippen LogP contribution in [0.1, 0.15) is 5.56 Å². The Morgan fingerprint density at radius 3 is 2.71 bits per heavy atom. The second-order valence-corrected chi connectivity index (χ2v) is 7.73. The van der Waals surface area contributed by atoms with Gasteiger partial charge in [0.05, 0.1) is 5.69 Å². The van der Waals surface area contributed by atoms with Crippen LogP contribution in [-0.2, 0) is 11.3 Å². The van der Waals surface area contributed by atoms with Gasteiger partial charge in [-0.1, -0.05) is 50.9 Å². The first-order chi connectivity index (χ1) is 14.9. The lowest BCUT2D eigenvalue weighted by molar-refractivity contribution is -0.116. The van der Waals surface area contributed by atoms with Crippen molar-refractivity contribution in [2.75, 3.05) is 5.32 Å². The highest BCUT2D eigenvalue weighted by molar-refractivity contribution is 9.10. The largest absolute Gasteiger partial charge is 0.333 e. The van der Waals surface area contributed by atoms with Crippen LogP contribution in [0.2, 0.25) is 0 Å². The number of benzene rings is 2. The molecule has 9 heteroatoms. The van der Waals surface area contributed by atoms with Crippen LogP contribution in [0.15, 0.2) is 74.6 Å². The zero-order valence-electron chi connectivity index (χ0n) is 16.3. The van der Waals surface area contributed by atoms with Gasteiger partial charge < -0.3 is 14.4 Å². The summed E-state index contributed by atoms with van der Waals surface area (Å²) in [5, 5.41) is 6.39. The fourth-order valence-corrected chi connectivity index (χ4v) is 3.25. The molecule has 0 fully saturated rings. The molecule has 0 spiro atoms. The predicted octanol–water partition coefficient (Wildman–Crippen LogP) is 4.41. The molecule has 2 aromatic carbocycles. The average Bonchev–Trinajstić information content (AvgIpc) is 3.22. The first-order valence-electron chi connectivity index (χ1n) is 9.26. The third-order valence-electron chi connectivity index (χ3n) is 4.51. The third-order valence-corrected chi connectivity index (χ3v) is 5.00. The van der Waals surface area contributed by atoms with E-state index in [0.717, 1.165) is 11.1 Å². The molecule has 0 unspecified atom stereocenters. The molecule has 156 valence electrons. The quantitative estimate of drug-likeness (QED) is 0.454. The minimum atomic E-state index is -0.585. The number of aromatic nitrogens is 3. The fourth-order valence-electron chi connectivity index (χ4n) is 2.91. The van der Waals surface area contributed by atoms with Crippen molar-refractivity contribution in [1.29, 1.82) is 0 Å². The van der Waals surface area contributed by atoms with Crippen LogP contribution in [-0.4, -0.2) is 20.6 Å². The minimum absolute atomic E-state index is 0.0250. The Morgan fingerprint density at radius 2 is 1.97 bits per heavy atom. The number of rotatable bonds is 5. The molecular weight excluding hydrogens is 467 g/mol. The van der Waals surface area contributed by atoms with Crippen molar-refractivity contribution in [2.24, 2.45) is 0 Å². The molecule has 1 amide bonds. The number of amides is 1. The van der Waals surface area contributed by atoms with Crippen LogP contribution in [0.4, 0.5) is 10.1 Å². The molecular formula is C22H16BrFN4O3. The molecule has 0 aliphatic heterocycles. The molecule has 0 aliphatic rings. The van der Waals surface area contributed by atoms with E-state index in [-0.39, 0.29) is 23.7 Å². The highest BCUT2D eigenvalue weighted by Crippen LogP contribution is 2.21. The zero-order valence-corrected chi connectivity index (χ0v) is 17.9. The number of nitrogens with zero attached hydrogens (tertiary/aromatic N) is 3. The third kappa shape index (κ3) is 4.61. The number of halogens is 2. The predicted molar refractivity (Wildman–Crippen MR) is 117 cm³/mol. The normalized spacial score (nSPS) is 10.8. The first-order valence-corrected chi connectivity index (χ1v) is 10.1. The molecule has 0 saturated heterocycles. The second-order valence-electron chi connectivity index (χ2n) is 6.82. The van der Waals surface area contributed by atoms with Gasteiger partial charge >= 0.3 is 0 Å². The SMILES string of the molecule is Cc1ccc(-c2noc(-c3cccn(CC(=O)Nc4ccc(Br)cc4F)c3=O)n2)cc1. The summed E-state index contributed by atoms with van der Waals surface area (Å²) in [5.41, 5.74) is 1.56. The summed E-state index contributed by atoms with van der Waals surface area (Å²) in [5.74, 6) is -0.729. The summed E-state index contributed by atoms with van der Waals surface area (Å²) < 4.78 is 21.0. The molecule has 1 N–H and O–H groups in total. The Balaban J connectivity index is 1.55. The number of aryl methyl sites for hydroxylation is 1. The average molecular weight is 483 g/mol. The van der Waals surface area contributed by atoms with E-state index in [9.17, 15) is 14.0 Å². The van der Waals surface area contributed by atoms with Gasteiger partial charge in [-0.25, -0.2) is 4.39 Å². The summed E-state index contributed by atoms with van der Waals surface area (Å²) in [4.78, 5) is 29.5. The highest BCUT2D eigenvalue weighted by atomic mass is 79.9. The maximum atomic E-state index is 13.9. The van der Waals surface area contributed by atoms with Crippen molar-refractivity contribution < 1.29 is 13.7 Å². The van der Waals surface area contributed by atoms with E-state index >= 15 is 0 Å². The standard InChI is InChI=1S/C22H16BrFN4O3/c1-13-4-6-14(7-5-13)20-26-21(31-27-20)16-3-2-10-28(22(16)30)12-19(29)25-18-9-8-15(23)11-17(18)24/h2-11H,12H2,1H3,(H,25,29). The number of hydrogen-bond donors (Lipinski definition) is 1. The fraction of sp³-hybridized carbons (Fsp3) is 0.0909. The number of nitrogens with one attached hydrogen (secondary N) is 1. The second kappa shape index (κ2) is 8.65. The van der Waals surface area contributed by atoms with Crippen LogP contribution < -0.4 is 10.9 Å². The van der Waals surface area contributed by atoms with Crippen molar-refractivity contribution in [3.8, 4) is 22.8 Å². The molecule has 4 aromatic rings. The Kier molecular flexibility index (Phi) is 5.77. The molecule has 4 rings (SSSR count). The Bertz CT molecular complexity index is 1320. The van der Waals surface area contributed by atoms with Gasteiger partial charge in [-0.05, 0) is 37.3 Å². The monoisotopic (exact) mass is 482 g/mol. The maximum absolute atomic E-state index is 13.9. The molecule has 0 aliphatic carbocycles. The van der Waals surface area contributed by atoms with Crippen LogP contribution in [0.25, 0.3) is 22.8 Å². The van der Waals surface area contributed by atoms with Crippen LogP contribution in [0.5, 0.6) is 0 Å². The first kappa shape index (κ1) is 20.7. The lowest BCUT2D eigenvalue weighted by atomic mass is 10.1. The summed E-state index contributed by atoms with van der Waals surface area (Å²) in [7, 11) is 0. The van der Waals surface area contributed by atoms with Crippen molar-refractivity contribution in [2.45, 2.75) is 13.5 Å². The van der Waals surface area contributed by atoms with E-state index in [1.807, 2.05) is 31.2 Å². The van der Waals surface area contributed by atoms with Crippen molar-refractivity contribution >= 4 is 27.5 Å². The van der Waals surface area contributed by atoms with Gasteiger partial charge in [0, 0.05) is 16.2 Å². The van der Waals surface area contributed by atoms with Gasteiger partial charge in [-0.3, -0.25) is 9.59 Å².